The molecule has 1 amide bonds. The van der Waals surface area contributed by atoms with Gasteiger partial charge in [0, 0.05) is 13.1 Å². The lowest BCUT2D eigenvalue weighted by molar-refractivity contribution is -0.132. The van der Waals surface area contributed by atoms with Gasteiger partial charge in [-0.05, 0) is 20.3 Å². The third kappa shape index (κ3) is 2.02. The fourth-order valence-corrected chi connectivity index (χ4v) is 2.28. The van der Waals surface area contributed by atoms with Crippen molar-refractivity contribution < 1.29 is 4.79 Å². The molecule has 0 aliphatic heterocycles. The van der Waals surface area contributed by atoms with Gasteiger partial charge in [0.2, 0.25) is 5.91 Å². The highest BCUT2D eigenvalue weighted by molar-refractivity contribution is 9.25. The maximum atomic E-state index is 11.6. The summed E-state index contributed by atoms with van der Waals surface area (Å²) in [5.41, 5.74) is 0. The van der Waals surface area contributed by atoms with Crippen LogP contribution in [0.1, 0.15) is 20.3 Å². The lowest BCUT2D eigenvalue weighted by Crippen LogP contribution is -2.32. The Morgan fingerprint density at radius 2 is 1.92 bits per heavy atom. The third-order valence-electron chi connectivity index (χ3n) is 2.20. The Kier molecular flexibility index (Phi) is 3.21. The first-order valence-electron chi connectivity index (χ1n) is 4.19. The van der Waals surface area contributed by atoms with E-state index in [1.54, 1.807) is 0 Å². The Balaban J connectivity index is 2.49. The van der Waals surface area contributed by atoms with E-state index in [2.05, 4.69) is 31.9 Å². The van der Waals surface area contributed by atoms with E-state index in [1.165, 1.54) is 0 Å². The predicted molar refractivity (Wildman–Crippen MR) is 56.6 cm³/mol. The molecule has 1 fully saturated rings. The molecule has 1 rings (SSSR count). The number of rotatable bonds is 3. The van der Waals surface area contributed by atoms with E-state index in [0.29, 0.717) is 0 Å². The van der Waals surface area contributed by atoms with Gasteiger partial charge < -0.3 is 4.90 Å². The topological polar surface area (TPSA) is 20.3 Å². The zero-order valence-electron chi connectivity index (χ0n) is 7.31. The minimum absolute atomic E-state index is 0.0975. The van der Waals surface area contributed by atoms with Crippen LogP contribution in [0.15, 0.2) is 0 Å². The van der Waals surface area contributed by atoms with Crippen LogP contribution in [0.4, 0.5) is 0 Å². The summed E-state index contributed by atoms with van der Waals surface area (Å²) >= 11 is 6.90. The van der Waals surface area contributed by atoms with Crippen molar-refractivity contribution in [3.05, 3.63) is 0 Å². The zero-order chi connectivity index (χ0) is 9.35. The monoisotopic (exact) mass is 297 g/mol. The van der Waals surface area contributed by atoms with E-state index in [9.17, 15) is 4.79 Å². The highest BCUT2D eigenvalue weighted by Gasteiger charge is 2.55. The molecule has 4 heteroatoms. The van der Waals surface area contributed by atoms with E-state index in [1.807, 2.05) is 18.7 Å². The molecule has 2 nitrogen and oxygen atoms in total. The van der Waals surface area contributed by atoms with E-state index in [4.69, 9.17) is 0 Å². The van der Waals surface area contributed by atoms with Crippen LogP contribution in [-0.4, -0.2) is 27.1 Å². The molecule has 1 unspecified atom stereocenters. The quantitative estimate of drug-likeness (QED) is 0.733. The van der Waals surface area contributed by atoms with Crippen molar-refractivity contribution in [3.8, 4) is 0 Å². The predicted octanol–water partition coefficient (Wildman–Crippen LogP) is 2.36. The molecule has 0 saturated heterocycles. The zero-order valence-corrected chi connectivity index (χ0v) is 10.5. The Bertz CT molecular complexity index is 185. The number of halogens is 2. The number of amides is 1. The van der Waals surface area contributed by atoms with Gasteiger partial charge in [-0.2, -0.15) is 0 Å². The van der Waals surface area contributed by atoms with Crippen molar-refractivity contribution in [2.75, 3.05) is 13.1 Å². The maximum Gasteiger partial charge on any atom is 0.228 e. The van der Waals surface area contributed by atoms with Crippen LogP contribution in [0.2, 0.25) is 0 Å². The van der Waals surface area contributed by atoms with Crippen LogP contribution in [-0.2, 0) is 4.79 Å². The Morgan fingerprint density at radius 1 is 1.50 bits per heavy atom. The molecule has 12 heavy (non-hydrogen) atoms. The summed E-state index contributed by atoms with van der Waals surface area (Å²) in [4.78, 5) is 13.5. The number of carbonyl (C=O) groups is 1. The summed E-state index contributed by atoms with van der Waals surface area (Å²) in [6.45, 7) is 5.63. The smallest absolute Gasteiger partial charge is 0.228 e. The van der Waals surface area contributed by atoms with E-state index in [0.717, 1.165) is 19.5 Å². The highest BCUT2D eigenvalue weighted by Crippen LogP contribution is 2.56. The van der Waals surface area contributed by atoms with E-state index in [-0.39, 0.29) is 15.1 Å². The van der Waals surface area contributed by atoms with E-state index < -0.39 is 0 Å². The second-order valence-corrected chi connectivity index (χ2v) is 6.92. The number of hydrogen-bond acceptors (Lipinski definition) is 1. The van der Waals surface area contributed by atoms with Crippen LogP contribution < -0.4 is 0 Å². The minimum atomic E-state index is -0.0975. The van der Waals surface area contributed by atoms with Crippen molar-refractivity contribution >= 4 is 37.8 Å². The number of hydrogen-bond donors (Lipinski definition) is 0. The van der Waals surface area contributed by atoms with Crippen molar-refractivity contribution in [1.29, 1.82) is 0 Å². The molecule has 1 atom stereocenters. The molecular formula is C8H13Br2NO. The molecular weight excluding hydrogens is 286 g/mol. The van der Waals surface area contributed by atoms with Crippen molar-refractivity contribution in [2.45, 2.75) is 23.5 Å². The van der Waals surface area contributed by atoms with Crippen molar-refractivity contribution in [2.24, 2.45) is 5.92 Å². The first-order valence-corrected chi connectivity index (χ1v) is 5.78. The van der Waals surface area contributed by atoms with Crippen LogP contribution >= 0.6 is 31.9 Å². The molecule has 1 aliphatic rings. The largest absolute Gasteiger partial charge is 0.343 e. The molecule has 1 aliphatic carbocycles. The molecule has 0 spiro atoms. The molecule has 0 aromatic heterocycles. The minimum Gasteiger partial charge on any atom is -0.343 e. The van der Waals surface area contributed by atoms with Gasteiger partial charge in [-0.15, -0.1) is 0 Å². The van der Waals surface area contributed by atoms with Gasteiger partial charge in [0.15, 0.2) is 0 Å². The van der Waals surface area contributed by atoms with Gasteiger partial charge in [0.05, 0.1) is 9.15 Å². The van der Waals surface area contributed by atoms with Crippen LogP contribution in [0.5, 0.6) is 0 Å². The molecule has 0 aromatic carbocycles. The Morgan fingerprint density at radius 3 is 2.17 bits per heavy atom. The van der Waals surface area contributed by atoms with Gasteiger partial charge in [-0.1, -0.05) is 31.9 Å². The lowest BCUT2D eigenvalue weighted by atomic mass is 10.3. The molecule has 70 valence electrons. The normalized spacial score (nSPS) is 25.2. The second kappa shape index (κ2) is 3.66. The first-order chi connectivity index (χ1) is 5.53. The second-order valence-electron chi connectivity index (χ2n) is 3.03. The summed E-state index contributed by atoms with van der Waals surface area (Å²) in [6, 6.07) is 0. The number of nitrogens with zero attached hydrogens (tertiary/aromatic N) is 1. The molecule has 0 heterocycles. The molecule has 0 aromatic rings. The van der Waals surface area contributed by atoms with Crippen LogP contribution in [0.25, 0.3) is 0 Å². The standard InChI is InChI=1S/C8H13Br2NO/c1-3-11(4-2)7(12)6-5-8(6,9)10/h6H,3-5H2,1-2H3. The number of alkyl halides is 2. The van der Waals surface area contributed by atoms with Gasteiger partial charge in [-0.3, -0.25) is 4.79 Å². The molecule has 1 saturated carbocycles. The summed E-state index contributed by atoms with van der Waals surface area (Å²) < 4.78 is -0.0975. The third-order valence-corrected chi connectivity index (χ3v) is 3.95. The van der Waals surface area contributed by atoms with E-state index >= 15 is 0 Å². The van der Waals surface area contributed by atoms with Gasteiger partial charge in [0.25, 0.3) is 0 Å². The summed E-state index contributed by atoms with van der Waals surface area (Å²) in [7, 11) is 0. The van der Waals surface area contributed by atoms with Gasteiger partial charge in [0.1, 0.15) is 0 Å². The van der Waals surface area contributed by atoms with Gasteiger partial charge in [-0.25, -0.2) is 0 Å². The summed E-state index contributed by atoms with van der Waals surface area (Å²) in [5.74, 6) is 0.395. The highest BCUT2D eigenvalue weighted by atomic mass is 79.9. The maximum absolute atomic E-state index is 11.6. The average Bonchev–Trinajstić information content (AvgIpc) is 2.62. The molecule has 0 radical (unpaired) electrons. The number of carbonyl (C=O) groups excluding carboxylic acids is 1. The summed E-state index contributed by atoms with van der Waals surface area (Å²) in [6.07, 6.45) is 0.905. The molecule has 0 bridgehead atoms. The lowest BCUT2D eigenvalue weighted by Gasteiger charge is -2.18. The van der Waals surface area contributed by atoms with Crippen LogP contribution in [0, 0.1) is 5.92 Å². The fraction of sp³-hybridized carbons (Fsp3) is 0.875. The first kappa shape index (κ1) is 10.5. The fourth-order valence-electron chi connectivity index (χ4n) is 1.24. The Hall–Kier alpha value is 0.430. The van der Waals surface area contributed by atoms with Gasteiger partial charge >= 0.3 is 0 Å². The Labute approximate surface area is 89.9 Å². The average molecular weight is 299 g/mol. The summed E-state index contributed by atoms with van der Waals surface area (Å²) in [5, 5.41) is 0. The molecule has 0 N–H and O–H groups in total. The van der Waals surface area contributed by atoms with Crippen LogP contribution in [0.3, 0.4) is 0 Å². The van der Waals surface area contributed by atoms with Crippen molar-refractivity contribution in [3.63, 3.8) is 0 Å². The SMILES string of the molecule is CCN(CC)C(=O)C1CC1(Br)Br. The van der Waals surface area contributed by atoms with Crippen molar-refractivity contribution in [1.82, 2.24) is 4.90 Å².